The van der Waals surface area contributed by atoms with Gasteiger partial charge in [-0.05, 0) is 42.0 Å². The number of halogens is 4. The van der Waals surface area contributed by atoms with Crippen LogP contribution in [0.1, 0.15) is 5.82 Å². The molecule has 0 spiro atoms. The van der Waals surface area contributed by atoms with Gasteiger partial charge in [0.25, 0.3) is 11.3 Å². The van der Waals surface area contributed by atoms with Gasteiger partial charge in [-0.25, -0.2) is 18.6 Å². The lowest BCUT2D eigenvalue weighted by Crippen LogP contribution is -2.47. The molecule has 43 heavy (non-hydrogen) atoms. The summed E-state index contributed by atoms with van der Waals surface area (Å²) >= 11 is -2.39. The molecule has 0 aliphatic carbocycles. The van der Waals surface area contributed by atoms with Gasteiger partial charge < -0.3 is 19.3 Å². The predicted octanol–water partition coefficient (Wildman–Crippen LogP) is 4.65. The van der Waals surface area contributed by atoms with Crippen molar-refractivity contribution in [3.8, 4) is 34.3 Å². The fraction of sp³-hybridized carbons (Fsp3) is 0.259. The van der Waals surface area contributed by atoms with E-state index in [0.717, 1.165) is 12.1 Å². The Hall–Kier alpha value is -4.57. The molecular formula is C27H25F4N7O4S. The minimum atomic E-state index is -4.88. The van der Waals surface area contributed by atoms with Gasteiger partial charge in [0.1, 0.15) is 17.5 Å². The molecule has 2 aromatic carbocycles. The van der Waals surface area contributed by atoms with E-state index in [1.54, 1.807) is 23.1 Å². The van der Waals surface area contributed by atoms with Crippen molar-refractivity contribution < 1.29 is 35.8 Å². The molecular weight excluding hydrogens is 594 g/mol. The highest BCUT2D eigenvalue weighted by Gasteiger charge is 2.38. The number of piperazine rings is 1. The van der Waals surface area contributed by atoms with E-state index < -0.39 is 29.1 Å². The van der Waals surface area contributed by atoms with Crippen LogP contribution in [0.15, 0.2) is 54.6 Å². The summed E-state index contributed by atoms with van der Waals surface area (Å²) in [6, 6.07) is 12.9. The summed E-state index contributed by atoms with van der Waals surface area (Å²) < 4.78 is 89.7. The Bertz CT molecular complexity index is 1610. The van der Waals surface area contributed by atoms with E-state index in [4.69, 9.17) is 9.47 Å². The van der Waals surface area contributed by atoms with Crippen LogP contribution in [-0.2, 0) is 17.4 Å². The van der Waals surface area contributed by atoms with E-state index in [-0.39, 0.29) is 47.4 Å². The molecule has 1 aliphatic heterocycles. The molecule has 0 bridgehead atoms. The maximum absolute atomic E-state index is 14.1. The van der Waals surface area contributed by atoms with Crippen molar-refractivity contribution in [1.29, 1.82) is 0 Å². The van der Waals surface area contributed by atoms with Crippen LogP contribution in [0.4, 0.5) is 34.9 Å². The molecule has 0 amide bonds. The second-order valence-corrected chi connectivity index (χ2v) is 9.96. The monoisotopic (exact) mass is 619 g/mol. The van der Waals surface area contributed by atoms with Crippen molar-refractivity contribution in [2.24, 2.45) is 0 Å². The zero-order chi connectivity index (χ0) is 30.7. The summed E-state index contributed by atoms with van der Waals surface area (Å²) in [5.74, 6) is -1.12. The van der Waals surface area contributed by atoms with Crippen LogP contribution < -0.4 is 24.0 Å². The first-order chi connectivity index (χ1) is 20.5. The van der Waals surface area contributed by atoms with Crippen molar-refractivity contribution in [2.75, 3.05) is 54.9 Å². The van der Waals surface area contributed by atoms with Gasteiger partial charge >= 0.3 is 12.2 Å². The van der Waals surface area contributed by atoms with Crippen LogP contribution in [0.2, 0.25) is 0 Å². The minimum absolute atomic E-state index is 0.00131. The Labute approximate surface area is 246 Å². The number of alkyl halides is 3. The van der Waals surface area contributed by atoms with E-state index in [0.29, 0.717) is 30.4 Å². The molecule has 1 fully saturated rings. The topological polar surface area (TPSA) is 126 Å². The van der Waals surface area contributed by atoms with Gasteiger partial charge in [0.2, 0.25) is 11.7 Å². The van der Waals surface area contributed by atoms with Gasteiger partial charge in [-0.2, -0.15) is 23.1 Å². The maximum Gasteiger partial charge on any atom is 0.451 e. The SMILES string of the molecule is COc1cc(N2CCN(c3nc(C(F)(F)F)nc(-c4ccc(F)cc4)c3-c3cccc(NS(=O)O)c3)CC2)nc(OC)n1. The molecule has 4 aromatic rings. The third kappa shape index (κ3) is 6.75. The molecule has 1 aliphatic rings. The molecule has 2 N–H and O–H groups in total. The fourth-order valence-electron chi connectivity index (χ4n) is 4.62. The van der Waals surface area contributed by atoms with E-state index >= 15 is 0 Å². The number of hydrogen-bond donors (Lipinski definition) is 2. The van der Waals surface area contributed by atoms with Crippen LogP contribution in [-0.4, -0.2) is 69.1 Å². The van der Waals surface area contributed by atoms with Crippen molar-refractivity contribution >= 4 is 28.6 Å². The molecule has 16 heteroatoms. The molecule has 1 saturated heterocycles. The average molecular weight is 620 g/mol. The Morgan fingerprint density at radius 1 is 0.884 bits per heavy atom. The Morgan fingerprint density at radius 2 is 1.58 bits per heavy atom. The average Bonchev–Trinajstić information content (AvgIpc) is 3.00. The van der Waals surface area contributed by atoms with E-state index in [2.05, 4.69) is 24.7 Å². The molecule has 0 radical (unpaired) electrons. The lowest BCUT2D eigenvalue weighted by Gasteiger charge is -2.37. The molecule has 11 nitrogen and oxygen atoms in total. The summed E-state index contributed by atoms with van der Waals surface area (Å²) in [7, 11) is 2.88. The number of ether oxygens (including phenoxy) is 2. The number of methoxy groups -OCH3 is 2. The van der Waals surface area contributed by atoms with Crippen LogP contribution >= 0.6 is 0 Å². The minimum Gasteiger partial charge on any atom is -0.481 e. The third-order valence-corrected chi connectivity index (χ3v) is 6.99. The van der Waals surface area contributed by atoms with Gasteiger partial charge in [0.15, 0.2) is 0 Å². The number of aromatic nitrogens is 4. The summed E-state index contributed by atoms with van der Waals surface area (Å²) in [5.41, 5.74) is 1.02. The second-order valence-electron chi connectivity index (χ2n) is 9.26. The lowest BCUT2D eigenvalue weighted by atomic mass is 9.98. The number of benzene rings is 2. The van der Waals surface area contributed by atoms with Crippen molar-refractivity contribution in [3.05, 3.63) is 66.2 Å². The van der Waals surface area contributed by atoms with Gasteiger partial charge in [-0.15, -0.1) is 0 Å². The smallest absolute Gasteiger partial charge is 0.451 e. The first-order valence-corrected chi connectivity index (χ1v) is 13.9. The highest BCUT2D eigenvalue weighted by molar-refractivity contribution is 7.80. The van der Waals surface area contributed by atoms with E-state index in [1.165, 1.54) is 38.5 Å². The molecule has 3 heterocycles. The van der Waals surface area contributed by atoms with Crippen molar-refractivity contribution in [1.82, 2.24) is 19.9 Å². The fourth-order valence-corrected chi connectivity index (χ4v) is 4.95. The first-order valence-electron chi connectivity index (χ1n) is 12.8. The maximum atomic E-state index is 14.1. The van der Waals surface area contributed by atoms with Crippen LogP contribution in [0.3, 0.4) is 0 Å². The van der Waals surface area contributed by atoms with E-state index in [1.807, 2.05) is 4.90 Å². The zero-order valence-electron chi connectivity index (χ0n) is 22.8. The normalized spacial score (nSPS) is 14.4. The van der Waals surface area contributed by atoms with Gasteiger partial charge in [-0.1, -0.05) is 12.1 Å². The van der Waals surface area contributed by atoms with Crippen LogP contribution in [0.5, 0.6) is 11.9 Å². The highest BCUT2D eigenvalue weighted by atomic mass is 32.2. The standard InChI is InChI=1S/C27H25F4N7O4S/c1-41-21-15-20(32-26(33-21)42-2)37-10-12-38(13-11-37)24-22(17-4-3-5-19(14-17)36-43(39)40)23(16-6-8-18(28)9-7-16)34-25(35-24)27(29,30)31/h3-9,14-15,36H,10-13H2,1-2H3,(H,39,40). The second kappa shape index (κ2) is 12.3. The first kappa shape index (κ1) is 29.9. The van der Waals surface area contributed by atoms with Crippen LogP contribution in [0.25, 0.3) is 22.4 Å². The Morgan fingerprint density at radius 3 is 2.21 bits per heavy atom. The number of nitrogens with zero attached hydrogens (tertiary/aromatic N) is 6. The summed E-state index contributed by atoms with van der Waals surface area (Å²) in [4.78, 5) is 20.0. The number of nitrogens with one attached hydrogen (secondary N) is 1. The number of rotatable bonds is 8. The largest absolute Gasteiger partial charge is 0.481 e. The lowest BCUT2D eigenvalue weighted by molar-refractivity contribution is -0.144. The zero-order valence-corrected chi connectivity index (χ0v) is 23.6. The number of hydrogen-bond acceptors (Lipinski definition) is 9. The molecule has 2 aromatic heterocycles. The van der Waals surface area contributed by atoms with Gasteiger partial charge in [0, 0.05) is 43.5 Å². The van der Waals surface area contributed by atoms with Gasteiger partial charge in [0.05, 0.1) is 25.5 Å². The molecule has 5 rings (SSSR count). The molecule has 1 atom stereocenters. The summed E-state index contributed by atoms with van der Waals surface area (Å²) in [6.07, 6.45) is -4.88. The van der Waals surface area contributed by atoms with E-state index in [9.17, 15) is 26.3 Å². The Kier molecular flexibility index (Phi) is 8.59. The third-order valence-electron chi connectivity index (χ3n) is 6.58. The molecule has 1 unspecified atom stereocenters. The summed E-state index contributed by atoms with van der Waals surface area (Å²) in [5, 5.41) is 0. The van der Waals surface area contributed by atoms with Crippen LogP contribution in [0, 0.1) is 5.82 Å². The highest BCUT2D eigenvalue weighted by Crippen LogP contribution is 2.41. The molecule has 226 valence electrons. The van der Waals surface area contributed by atoms with Gasteiger partial charge in [-0.3, -0.25) is 9.27 Å². The Balaban J connectivity index is 1.62. The predicted molar refractivity (Wildman–Crippen MR) is 152 cm³/mol. The molecule has 0 saturated carbocycles. The summed E-state index contributed by atoms with van der Waals surface area (Å²) in [6.45, 7) is 1.20. The van der Waals surface area contributed by atoms with Crippen molar-refractivity contribution in [2.45, 2.75) is 6.18 Å². The van der Waals surface area contributed by atoms with Crippen molar-refractivity contribution in [3.63, 3.8) is 0 Å². The number of anilines is 3. The quantitative estimate of drug-likeness (QED) is 0.213.